The van der Waals surface area contributed by atoms with Crippen molar-refractivity contribution < 1.29 is 22.4 Å². The molecule has 0 aliphatic heterocycles. The molecule has 0 unspecified atom stereocenters. The number of carbonyl (C=O) groups is 1. The summed E-state index contributed by atoms with van der Waals surface area (Å²) in [7, 11) is 4.92. The van der Waals surface area contributed by atoms with Crippen LogP contribution in [0.1, 0.15) is 32.7 Å². The zero-order valence-corrected chi connectivity index (χ0v) is 22.3. The summed E-state index contributed by atoms with van der Waals surface area (Å²) in [4.78, 5) is 14.4. The van der Waals surface area contributed by atoms with Gasteiger partial charge in [0.2, 0.25) is 0 Å². The van der Waals surface area contributed by atoms with Crippen molar-refractivity contribution in [3.05, 3.63) is 76.5 Å². The Kier molecular flexibility index (Phi) is 8.87. The van der Waals surface area contributed by atoms with E-state index in [0.717, 1.165) is 11.3 Å². The first-order valence-corrected chi connectivity index (χ1v) is 11.9. The summed E-state index contributed by atoms with van der Waals surface area (Å²) in [6, 6.07) is 6.38. The van der Waals surface area contributed by atoms with Gasteiger partial charge in [-0.3, -0.25) is 14.5 Å². The molecule has 6 N–H and O–H groups in total. The van der Waals surface area contributed by atoms with Crippen molar-refractivity contribution in [2.75, 3.05) is 42.4 Å². The van der Waals surface area contributed by atoms with Gasteiger partial charge < -0.3 is 21.3 Å². The maximum atomic E-state index is 14.8. The Hall–Kier alpha value is -4.10. The van der Waals surface area contributed by atoms with E-state index in [-0.39, 0.29) is 23.5 Å². The predicted molar refractivity (Wildman–Crippen MR) is 145 cm³/mol. The molecule has 2 aromatic carbocycles. The Bertz CT molecular complexity index is 1380. The van der Waals surface area contributed by atoms with E-state index in [0.29, 0.717) is 29.6 Å². The van der Waals surface area contributed by atoms with Gasteiger partial charge in [-0.25, -0.2) is 10.2 Å². The Labute approximate surface area is 224 Å². The molecule has 3 rings (SSSR count). The van der Waals surface area contributed by atoms with Crippen molar-refractivity contribution in [2.24, 2.45) is 18.6 Å². The molecule has 3 aromatic rings. The molecule has 1 amide bonds. The molecule has 0 bridgehead atoms. The van der Waals surface area contributed by atoms with Gasteiger partial charge >= 0.3 is 6.18 Å². The quantitative estimate of drug-likeness (QED) is 0.183. The van der Waals surface area contributed by atoms with E-state index >= 15 is 0 Å². The van der Waals surface area contributed by atoms with Gasteiger partial charge in [0.15, 0.2) is 5.82 Å². The van der Waals surface area contributed by atoms with Crippen LogP contribution in [0.2, 0.25) is 0 Å². The van der Waals surface area contributed by atoms with Gasteiger partial charge in [-0.1, -0.05) is 6.07 Å². The molecule has 39 heavy (non-hydrogen) atoms. The van der Waals surface area contributed by atoms with E-state index in [1.807, 2.05) is 6.92 Å². The number of likely N-dealkylation sites (N-methyl/N-ethyl adjacent to an activating group) is 2. The van der Waals surface area contributed by atoms with Crippen LogP contribution in [0.5, 0.6) is 0 Å². The van der Waals surface area contributed by atoms with Gasteiger partial charge in [0.05, 0.1) is 28.8 Å². The highest BCUT2D eigenvalue weighted by Crippen LogP contribution is 2.37. The Morgan fingerprint density at radius 1 is 1.18 bits per heavy atom. The van der Waals surface area contributed by atoms with Crippen LogP contribution in [-0.4, -0.2) is 42.9 Å². The van der Waals surface area contributed by atoms with E-state index in [1.54, 1.807) is 38.0 Å². The lowest BCUT2D eigenvalue weighted by molar-refractivity contribution is -0.139. The molecule has 9 nitrogen and oxygen atoms in total. The number of halogens is 4. The lowest BCUT2D eigenvalue weighted by Crippen LogP contribution is -2.28. The monoisotopic (exact) mass is 548 g/mol. The van der Waals surface area contributed by atoms with E-state index < -0.39 is 23.5 Å². The van der Waals surface area contributed by atoms with Crippen LogP contribution in [0.3, 0.4) is 0 Å². The van der Waals surface area contributed by atoms with Gasteiger partial charge in [-0.05, 0) is 50.7 Å². The number of amides is 1. The molecule has 0 aliphatic rings. The number of alkyl halides is 3. The molecule has 0 spiro atoms. The number of nitrogens with two attached hydrogens (primary N) is 2. The largest absolute Gasteiger partial charge is 0.419 e. The minimum Gasteiger partial charge on any atom is -0.397 e. The Morgan fingerprint density at radius 2 is 1.87 bits per heavy atom. The number of hydrogen-bond donors (Lipinski definition) is 4. The Morgan fingerprint density at radius 3 is 2.46 bits per heavy atom. The Balaban J connectivity index is 1.93. The lowest BCUT2D eigenvalue weighted by Gasteiger charge is -2.23. The summed E-state index contributed by atoms with van der Waals surface area (Å²) in [6.45, 7) is 4.28. The van der Waals surface area contributed by atoms with E-state index in [4.69, 9.17) is 11.6 Å². The summed E-state index contributed by atoms with van der Waals surface area (Å²) >= 11 is 0. The number of nitrogens with zero attached hydrogens (tertiary/aromatic N) is 4. The second-order valence-corrected chi connectivity index (χ2v) is 9.09. The normalized spacial score (nSPS) is 12.0. The van der Waals surface area contributed by atoms with Gasteiger partial charge in [0, 0.05) is 55.9 Å². The third-order valence-electron chi connectivity index (χ3n) is 6.30. The number of nitrogens with one attached hydrogen (secondary N) is 2. The van der Waals surface area contributed by atoms with E-state index in [2.05, 4.69) is 15.7 Å². The van der Waals surface area contributed by atoms with Crippen LogP contribution in [0.25, 0.3) is 5.70 Å². The van der Waals surface area contributed by atoms with Crippen LogP contribution in [-0.2, 0) is 13.2 Å². The first kappa shape index (κ1) is 29.5. The third kappa shape index (κ3) is 6.67. The molecule has 0 fully saturated rings. The maximum Gasteiger partial charge on any atom is 0.419 e. The van der Waals surface area contributed by atoms with Crippen molar-refractivity contribution in [3.8, 4) is 0 Å². The van der Waals surface area contributed by atoms with Crippen molar-refractivity contribution in [3.63, 3.8) is 0 Å². The van der Waals surface area contributed by atoms with Crippen LogP contribution < -0.4 is 32.1 Å². The number of anilines is 3. The number of hydrazine groups is 1. The van der Waals surface area contributed by atoms with Crippen molar-refractivity contribution in [2.45, 2.75) is 20.0 Å². The fourth-order valence-corrected chi connectivity index (χ4v) is 3.87. The predicted octanol–water partition coefficient (Wildman–Crippen LogP) is 3.74. The second-order valence-electron chi connectivity index (χ2n) is 9.09. The molecule has 0 aliphatic carbocycles. The maximum absolute atomic E-state index is 14.8. The first-order valence-electron chi connectivity index (χ1n) is 11.9. The number of aryl methyl sites for hydroxylation is 2. The molecule has 210 valence electrons. The summed E-state index contributed by atoms with van der Waals surface area (Å²) in [5.41, 5.74) is 7.37. The van der Waals surface area contributed by atoms with Gasteiger partial charge in [-0.2, -0.15) is 18.3 Å². The van der Waals surface area contributed by atoms with E-state index in [9.17, 15) is 22.4 Å². The molecule has 1 aromatic heterocycles. The molecular formula is C26H32F4N8O. The molecule has 0 radical (unpaired) electrons. The number of rotatable bonds is 9. The molecule has 13 heteroatoms. The molecular weight excluding hydrogens is 516 g/mol. The summed E-state index contributed by atoms with van der Waals surface area (Å²) in [5.74, 6) is 4.12. The fourth-order valence-electron chi connectivity index (χ4n) is 3.87. The lowest BCUT2D eigenvalue weighted by atomic mass is 10.1. The summed E-state index contributed by atoms with van der Waals surface area (Å²) in [6.07, 6.45) is -1.87. The van der Waals surface area contributed by atoms with Crippen molar-refractivity contribution >= 4 is 28.7 Å². The van der Waals surface area contributed by atoms with Crippen LogP contribution in [0, 0.1) is 19.7 Å². The van der Waals surface area contributed by atoms with Crippen LogP contribution in [0.15, 0.2) is 42.7 Å². The number of benzene rings is 2. The molecule has 1 heterocycles. The summed E-state index contributed by atoms with van der Waals surface area (Å²) < 4.78 is 57.3. The van der Waals surface area contributed by atoms with Crippen LogP contribution >= 0.6 is 0 Å². The number of aromatic nitrogens is 2. The van der Waals surface area contributed by atoms with Gasteiger partial charge in [-0.15, -0.1) is 0 Å². The standard InChI is InChI=1S/C26H32F4N8O/c1-15-6-7-17(10-22(15)38(32)14-21(31)19-13-34-37(5)16(19)2)25(39)35-18-11-20(26(28,29)30)24(27)23(12-18)36(4)9-8-33-3/h6-7,10-14,33H,8-9,31-32H2,1-5H3,(H,35,39)/b21-14-. The highest BCUT2D eigenvalue weighted by Gasteiger charge is 2.36. The first-order chi connectivity index (χ1) is 18.2. The van der Waals surface area contributed by atoms with Crippen molar-refractivity contribution in [1.82, 2.24) is 15.1 Å². The number of hydrogen-bond acceptors (Lipinski definition) is 7. The zero-order valence-electron chi connectivity index (χ0n) is 22.3. The highest BCUT2D eigenvalue weighted by molar-refractivity contribution is 6.05. The molecule has 0 saturated carbocycles. The average Bonchev–Trinajstić information content (AvgIpc) is 3.20. The zero-order chi connectivity index (χ0) is 29.1. The molecule has 0 saturated heterocycles. The smallest absolute Gasteiger partial charge is 0.397 e. The van der Waals surface area contributed by atoms with Gasteiger partial charge in [0.1, 0.15) is 0 Å². The number of carbonyl (C=O) groups excluding carboxylic acids is 1. The van der Waals surface area contributed by atoms with Gasteiger partial charge in [0.25, 0.3) is 5.91 Å². The highest BCUT2D eigenvalue weighted by atomic mass is 19.4. The average molecular weight is 549 g/mol. The second kappa shape index (κ2) is 11.7. The fraction of sp³-hybridized carbons (Fsp3) is 0.308. The molecule has 0 atom stereocenters. The summed E-state index contributed by atoms with van der Waals surface area (Å²) in [5, 5.41) is 10.7. The van der Waals surface area contributed by atoms with E-state index in [1.165, 1.54) is 41.4 Å². The minimum absolute atomic E-state index is 0.124. The SMILES string of the molecule is CNCCN(C)c1cc(NC(=O)c2ccc(C)c(N(N)/C=C(\N)c3cnn(C)c3C)c2)cc(C(F)(F)F)c1F. The third-order valence-corrected chi connectivity index (χ3v) is 6.30. The topological polar surface area (TPSA) is 117 Å². The minimum atomic E-state index is -4.96. The van der Waals surface area contributed by atoms with Crippen molar-refractivity contribution in [1.29, 1.82) is 0 Å². The van der Waals surface area contributed by atoms with Crippen LogP contribution in [0.4, 0.5) is 34.6 Å².